The van der Waals surface area contributed by atoms with Crippen LogP contribution in [0.1, 0.15) is 35.6 Å². The second kappa shape index (κ2) is 6.92. The number of carboxylic acids is 1. The van der Waals surface area contributed by atoms with Crippen molar-refractivity contribution >= 4 is 5.97 Å². The maximum absolute atomic E-state index is 11.4. The molecule has 0 spiro atoms. The minimum absolute atomic E-state index is 0.0609. The number of pyridine rings is 1. The molecule has 0 amide bonds. The van der Waals surface area contributed by atoms with Gasteiger partial charge in [0.25, 0.3) is 0 Å². The van der Waals surface area contributed by atoms with Crippen LogP contribution in [0.3, 0.4) is 0 Å². The standard InChI is InChI=1S/C19H22N2O2/c1-14-5-2-6-15(11-14)18(16-7-3-9-20-12-16)21-10-4-8-17(13-21)19(22)23/h2-3,5-7,9,11-12,17-18H,4,8,10,13H2,1H3,(H,22,23). The number of aliphatic carboxylic acids is 1. The number of hydrogen-bond acceptors (Lipinski definition) is 3. The molecule has 2 unspecified atom stereocenters. The van der Waals surface area contributed by atoms with E-state index < -0.39 is 5.97 Å². The van der Waals surface area contributed by atoms with Gasteiger partial charge in [-0.3, -0.25) is 14.7 Å². The van der Waals surface area contributed by atoms with Crippen LogP contribution in [0.5, 0.6) is 0 Å². The van der Waals surface area contributed by atoms with Gasteiger partial charge in [0.1, 0.15) is 0 Å². The third-order valence-electron chi connectivity index (χ3n) is 4.53. The second-order valence-electron chi connectivity index (χ2n) is 6.28. The molecule has 2 heterocycles. The predicted octanol–water partition coefficient (Wildman–Crippen LogP) is 3.28. The Balaban J connectivity index is 1.97. The fourth-order valence-electron chi connectivity index (χ4n) is 3.43. The van der Waals surface area contributed by atoms with Gasteiger partial charge in [-0.1, -0.05) is 35.9 Å². The first kappa shape index (κ1) is 15.7. The molecule has 1 fully saturated rings. The maximum Gasteiger partial charge on any atom is 0.307 e. The number of benzene rings is 1. The zero-order valence-corrected chi connectivity index (χ0v) is 13.4. The molecule has 1 aliphatic heterocycles. The van der Waals surface area contributed by atoms with E-state index in [0.717, 1.165) is 24.9 Å². The summed E-state index contributed by atoms with van der Waals surface area (Å²) in [5.41, 5.74) is 3.52. The molecule has 1 aromatic heterocycles. The Morgan fingerprint density at radius 3 is 2.83 bits per heavy atom. The van der Waals surface area contributed by atoms with Crippen LogP contribution in [0, 0.1) is 12.8 Å². The number of rotatable bonds is 4. The Morgan fingerprint density at radius 1 is 1.30 bits per heavy atom. The van der Waals surface area contributed by atoms with E-state index >= 15 is 0 Å². The first-order chi connectivity index (χ1) is 11.1. The lowest BCUT2D eigenvalue weighted by Crippen LogP contribution is -2.41. The highest BCUT2D eigenvalue weighted by Gasteiger charge is 2.31. The summed E-state index contributed by atoms with van der Waals surface area (Å²) >= 11 is 0. The monoisotopic (exact) mass is 310 g/mol. The van der Waals surface area contributed by atoms with Gasteiger partial charge in [0.2, 0.25) is 0 Å². The van der Waals surface area contributed by atoms with E-state index in [-0.39, 0.29) is 12.0 Å². The molecule has 4 nitrogen and oxygen atoms in total. The molecule has 4 heteroatoms. The second-order valence-corrected chi connectivity index (χ2v) is 6.28. The van der Waals surface area contributed by atoms with Crippen molar-refractivity contribution in [3.63, 3.8) is 0 Å². The highest BCUT2D eigenvalue weighted by molar-refractivity contribution is 5.70. The minimum Gasteiger partial charge on any atom is -0.481 e. The fraction of sp³-hybridized carbons (Fsp3) is 0.368. The highest BCUT2D eigenvalue weighted by Crippen LogP contribution is 2.32. The van der Waals surface area contributed by atoms with E-state index in [1.165, 1.54) is 11.1 Å². The van der Waals surface area contributed by atoms with Crippen LogP contribution in [0.15, 0.2) is 48.8 Å². The molecular formula is C19H22N2O2. The average molecular weight is 310 g/mol. The molecule has 1 aliphatic rings. The third kappa shape index (κ3) is 3.59. The minimum atomic E-state index is -0.691. The van der Waals surface area contributed by atoms with Crippen molar-refractivity contribution < 1.29 is 9.90 Å². The van der Waals surface area contributed by atoms with Gasteiger partial charge in [0, 0.05) is 18.9 Å². The Hall–Kier alpha value is -2.20. The predicted molar refractivity (Wildman–Crippen MR) is 89.2 cm³/mol. The summed E-state index contributed by atoms with van der Waals surface area (Å²) in [5.74, 6) is -0.975. The molecule has 0 aliphatic carbocycles. The lowest BCUT2D eigenvalue weighted by molar-refractivity contribution is -0.143. The van der Waals surface area contributed by atoms with E-state index in [4.69, 9.17) is 0 Å². The van der Waals surface area contributed by atoms with Crippen molar-refractivity contribution in [1.82, 2.24) is 9.88 Å². The molecule has 1 N–H and O–H groups in total. The molecule has 23 heavy (non-hydrogen) atoms. The van der Waals surface area contributed by atoms with Crippen LogP contribution >= 0.6 is 0 Å². The van der Waals surface area contributed by atoms with Crippen molar-refractivity contribution in [1.29, 1.82) is 0 Å². The SMILES string of the molecule is Cc1cccc(C(c2cccnc2)N2CCCC(C(=O)O)C2)c1. The van der Waals surface area contributed by atoms with E-state index in [2.05, 4.69) is 47.1 Å². The van der Waals surface area contributed by atoms with Crippen LogP contribution in [0.25, 0.3) is 0 Å². The fourth-order valence-corrected chi connectivity index (χ4v) is 3.43. The lowest BCUT2D eigenvalue weighted by Gasteiger charge is -2.37. The van der Waals surface area contributed by atoms with Gasteiger partial charge in [0.15, 0.2) is 0 Å². The molecule has 2 aromatic rings. The van der Waals surface area contributed by atoms with E-state index in [0.29, 0.717) is 6.54 Å². The van der Waals surface area contributed by atoms with Gasteiger partial charge in [-0.15, -0.1) is 0 Å². The summed E-state index contributed by atoms with van der Waals surface area (Å²) in [7, 11) is 0. The van der Waals surface area contributed by atoms with Crippen LogP contribution in [-0.4, -0.2) is 34.0 Å². The Morgan fingerprint density at radius 2 is 2.13 bits per heavy atom. The van der Waals surface area contributed by atoms with Gasteiger partial charge in [-0.25, -0.2) is 0 Å². The number of hydrogen-bond donors (Lipinski definition) is 1. The number of carbonyl (C=O) groups is 1. The van der Waals surface area contributed by atoms with Crippen molar-refractivity contribution in [3.05, 3.63) is 65.5 Å². The van der Waals surface area contributed by atoms with E-state index in [1.54, 1.807) is 6.20 Å². The molecule has 1 aromatic carbocycles. The Labute approximate surface area is 136 Å². The molecule has 0 bridgehead atoms. The van der Waals surface area contributed by atoms with Gasteiger partial charge >= 0.3 is 5.97 Å². The van der Waals surface area contributed by atoms with Crippen LogP contribution in [0.2, 0.25) is 0 Å². The van der Waals surface area contributed by atoms with Crippen LogP contribution in [-0.2, 0) is 4.79 Å². The van der Waals surface area contributed by atoms with Crippen molar-refractivity contribution in [2.24, 2.45) is 5.92 Å². The van der Waals surface area contributed by atoms with E-state index in [9.17, 15) is 9.90 Å². The summed E-state index contributed by atoms with van der Waals surface area (Å²) in [4.78, 5) is 18.0. The molecule has 0 radical (unpaired) electrons. The largest absolute Gasteiger partial charge is 0.481 e. The molecular weight excluding hydrogens is 288 g/mol. The Kier molecular flexibility index (Phi) is 4.72. The summed E-state index contributed by atoms with van der Waals surface area (Å²) < 4.78 is 0. The topological polar surface area (TPSA) is 53.4 Å². The zero-order chi connectivity index (χ0) is 16.2. The number of likely N-dealkylation sites (tertiary alicyclic amines) is 1. The number of aryl methyl sites for hydroxylation is 1. The zero-order valence-electron chi connectivity index (χ0n) is 13.4. The third-order valence-corrected chi connectivity index (χ3v) is 4.53. The Bertz CT molecular complexity index is 672. The summed E-state index contributed by atoms with van der Waals surface area (Å²) in [6, 6.07) is 12.5. The van der Waals surface area contributed by atoms with Crippen molar-refractivity contribution in [3.8, 4) is 0 Å². The first-order valence-electron chi connectivity index (χ1n) is 8.08. The smallest absolute Gasteiger partial charge is 0.307 e. The molecule has 1 saturated heterocycles. The molecule has 120 valence electrons. The summed E-state index contributed by atoms with van der Waals surface area (Å²) in [5, 5.41) is 9.38. The van der Waals surface area contributed by atoms with Crippen LogP contribution < -0.4 is 0 Å². The van der Waals surface area contributed by atoms with Crippen LogP contribution in [0.4, 0.5) is 0 Å². The quantitative estimate of drug-likeness (QED) is 0.941. The van der Waals surface area contributed by atoms with Crippen molar-refractivity contribution in [2.45, 2.75) is 25.8 Å². The number of aromatic nitrogens is 1. The lowest BCUT2D eigenvalue weighted by atomic mass is 9.91. The van der Waals surface area contributed by atoms with Gasteiger partial charge in [0.05, 0.1) is 12.0 Å². The van der Waals surface area contributed by atoms with Gasteiger partial charge in [-0.2, -0.15) is 0 Å². The highest BCUT2D eigenvalue weighted by atomic mass is 16.4. The van der Waals surface area contributed by atoms with E-state index in [1.807, 2.05) is 12.3 Å². The summed E-state index contributed by atoms with van der Waals surface area (Å²) in [6.45, 7) is 3.58. The maximum atomic E-state index is 11.4. The molecule has 3 rings (SSSR count). The number of nitrogens with zero attached hydrogens (tertiary/aromatic N) is 2. The number of carboxylic acid groups (broad SMARTS) is 1. The van der Waals surface area contributed by atoms with Crippen molar-refractivity contribution in [2.75, 3.05) is 13.1 Å². The van der Waals surface area contributed by atoms with Gasteiger partial charge in [-0.05, 0) is 43.5 Å². The van der Waals surface area contributed by atoms with Gasteiger partial charge < -0.3 is 5.11 Å². The normalized spacial score (nSPS) is 20.1. The molecule has 2 atom stereocenters. The number of piperidine rings is 1. The molecule has 0 saturated carbocycles. The first-order valence-corrected chi connectivity index (χ1v) is 8.08. The average Bonchev–Trinajstić information content (AvgIpc) is 2.56. The summed E-state index contributed by atoms with van der Waals surface area (Å²) in [6.07, 6.45) is 5.34.